The summed E-state index contributed by atoms with van der Waals surface area (Å²) in [6.45, 7) is 0. The Hall–Kier alpha value is -2.44. The Balaban J connectivity index is 2.27. The third-order valence-electron chi connectivity index (χ3n) is 2.32. The van der Waals surface area contributed by atoms with Crippen molar-refractivity contribution in [2.24, 2.45) is 0 Å². The van der Waals surface area contributed by atoms with Crippen LogP contribution in [0.1, 0.15) is 11.7 Å². The zero-order chi connectivity index (χ0) is 12.4. The number of hydrogen-bond donors (Lipinski definition) is 4. The van der Waals surface area contributed by atoms with Gasteiger partial charge < -0.3 is 20.5 Å². The fraction of sp³-hybridized carbons (Fsp3) is 0.200. The van der Waals surface area contributed by atoms with Crippen LogP contribution in [0.5, 0.6) is 11.5 Å². The molecular formula is C10H11N3O4. The molecule has 1 aromatic rings. The first-order valence-corrected chi connectivity index (χ1v) is 4.85. The zero-order valence-corrected chi connectivity index (χ0v) is 8.98. The van der Waals surface area contributed by atoms with Crippen molar-refractivity contribution in [3.63, 3.8) is 0 Å². The molecule has 0 saturated carbocycles. The van der Waals surface area contributed by atoms with E-state index in [0.717, 1.165) is 0 Å². The summed E-state index contributed by atoms with van der Waals surface area (Å²) < 4.78 is 4.94. The SMILES string of the molecule is COc1cc(C2NC(=O)NC(=O)N2)ccc1O. The van der Waals surface area contributed by atoms with E-state index in [1.54, 1.807) is 6.07 Å². The second-order valence-electron chi connectivity index (χ2n) is 3.44. The van der Waals surface area contributed by atoms with Crippen LogP contribution in [0.4, 0.5) is 9.59 Å². The van der Waals surface area contributed by atoms with Crippen LogP contribution < -0.4 is 20.7 Å². The zero-order valence-electron chi connectivity index (χ0n) is 8.98. The minimum absolute atomic E-state index is 0.0113. The number of phenols is 1. The summed E-state index contributed by atoms with van der Waals surface area (Å²) in [6.07, 6.45) is -0.647. The normalized spacial score (nSPS) is 15.8. The summed E-state index contributed by atoms with van der Waals surface area (Å²) in [5, 5.41) is 16.5. The first-order chi connectivity index (χ1) is 8.10. The average molecular weight is 237 g/mol. The maximum atomic E-state index is 11.1. The number of imide groups is 1. The number of aromatic hydroxyl groups is 1. The number of hydrogen-bond acceptors (Lipinski definition) is 4. The molecule has 0 aliphatic carbocycles. The summed E-state index contributed by atoms with van der Waals surface area (Å²) >= 11 is 0. The quantitative estimate of drug-likeness (QED) is 0.599. The molecule has 17 heavy (non-hydrogen) atoms. The first-order valence-electron chi connectivity index (χ1n) is 4.85. The Morgan fingerprint density at radius 2 is 1.88 bits per heavy atom. The predicted molar refractivity (Wildman–Crippen MR) is 57.6 cm³/mol. The van der Waals surface area contributed by atoms with Crippen molar-refractivity contribution < 1.29 is 19.4 Å². The van der Waals surface area contributed by atoms with Gasteiger partial charge in [-0.3, -0.25) is 5.32 Å². The topological polar surface area (TPSA) is 99.7 Å². The second kappa shape index (κ2) is 4.20. The van der Waals surface area contributed by atoms with Gasteiger partial charge in [0.2, 0.25) is 0 Å². The molecule has 2 rings (SSSR count). The summed E-state index contributed by atoms with van der Waals surface area (Å²) in [6, 6.07) is 3.38. The number of phenolic OH excluding ortho intramolecular Hbond substituents is 1. The molecule has 1 aromatic carbocycles. The van der Waals surface area contributed by atoms with Crippen molar-refractivity contribution in [2.45, 2.75) is 6.17 Å². The van der Waals surface area contributed by atoms with Crippen LogP contribution in [0.15, 0.2) is 18.2 Å². The molecule has 0 atom stereocenters. The molecule has 0 bridgehead atoms. The molecule has 4 amide bonds. The molecule has 90 valence electrons. The van der Waals surface area contributed by atoms with Crippen LogP contribution in [0.3, 0.4) is 0 Å². The van der Waals surface area contributed by atoms with Crippen LogP contribution in [-0.2, 0) is 0 Å². The Labute approximate surface area is 96.8 Å². The lowest BCUT2D eigenvalue weighted by atomic mass is 10.1. The molecule has 1 fully saturated rings. The average Bonchev–Trinajstić information content (AvgIpc) is 2.28. The van der Waals surface area contributed by atoms with E-state index in [1.807, 2.05) is 5.32 Å². The molecular weight excluding hydrogens is 226 g/mol. The fourth-order valence-electron chi connectivity index (χ4n) is 1.51. The highest BCUT2D eigenvalue weighted by Crippen LogP contribution is 2.28. The standard InChI is InChI=1S/C10H11N3O4/c1-17-7-4-5(2-3-6(7)14)8-11-9(15)13-10(16)12-8/h2-4,8,14H,1H3,(H3,11,12,13,15,16). The van der Waals surface area contributed by atoms with E-state index in [9.17, 15) is 14.7 Å². The van der Waals surface area contributed by atoms with Crippen LogP contribution in [-0.4, -0.2) is 24.3 Å². The number of urea groups is 2. The van der Waals surface area contributed by atoms with Crippen molar-refractivity contribution >= 4 is 12.1 Å². The number of benzene rings is 1. The van der Waals surface area contributed by atoms with Gasteiger partial charge in [-0.1, -0.05) is 6.07 Å². The van der Waals surface area contributed by atoms with Gasteiger partial charge in [0.25, 0.3) is 0 Å². The second-order valence-corrected chi connectivity index (χ2v) is 3.44. The lowest BCUT2D eigenvalue weighted by molar-refractivity contribution is 0.209. The molecule has 7 nitrogen and oxygen atoms in total. The maximum absolute atomic E-state index is 11.1. The number of rotatable bonds is 2. The van der Waals surface area contributed by atoms with Gasteiger partial charge in [0.05, 0.1) is 7.11 Å². The minimum atomic E-state index is -0.647. The molecule has 1 aliphatic rings. The predicted octanol–water partition coefficient (Wildman–Crippen LogP) is 0.422. The molecule has 0 spiro atoms. The first kappa shape index (κ1) is 11.1. The van der Waals surface area contributed by atoms with Crippen LogP contribution >= 0.6 is 0 Å². The van der Waals surface area contributed by atoms with Gasteiger partial charge in [-0.05, 0) is 17.7 Å². The highest BCUT2D eigenvalue weighted by Gasteiger charge is 2.24. The number of carbonyl (C=O) groups is 2. The summed E-state index contributed by atoms with van der Waals surface area (Å²) in [5.74, 6) is 0.257. The third kappa shape index (κ3) is 2.22. The number of carbonyl (C=O) groups excluding carboxylic acids is 2. The Bertz CT molecular complexity index is 459. The monoisotopic (exact) mass is 237 g/mol. The van der Waals surface area contributed by atoms with Crippen molar-refractivity contribution in [1.82, 2.24) is 16.0 Å². The van der Waals surface area contributed by atoms with Crippen LogP contribution in [0.25, 0.3) is 0 Å². The molecule has 0 unspecified atom stereocenters. The van der Waals surface area contributed by atoms with Gasteiger partial charge in [-0.15, -0.1) is 0 Å². The van der Waals surface area contributed by atoms with Crippen LogP contribution in [0.2, 0.25) is 0 Å². The highest BCUT2D eigenvalue weighted by molar-refractivity contribution is 5.96. The lowest BCUT2D eigenvalue weighted by Gasteiger charge is -2.25. The van der Waals surface area contributed by atoms with Crippen molar-refractivity contribution in [1.29, 1.82) is 0 Å². The van der Waals surface area contributed by atoms with Crippen molar-refractivity contribution in [3.05, 3.63) is 23.8 Å². The highest BCUT2D eigenvalue weighted by atomic mass is 16.5. The van der Waals surface area contributed by atoms with Gasteiger partial charge in [0.15, 0.2) is 11.5 Å². The van der Waals surface area contributed by atoms with E-state index in [2.05, 4.69) is 10.6 Å². The van der Waals surface area contributed by atoms with Crippen molar-refractivity contribution in [2.75, 3.05) is 7.11 Å². The van der Waals surface area contributed by atoms with Gasteiger partial charge in [0.1, 0.15) is 6.17 Å². The van der Waals surface area contributed by atoms with Gasteiger partial charge in [-0.2, -0.15) is 0 Å². The largest absolute Gasteiger partial charge is 0.504 e. The van der Waals surface area contributed by atoms with Gasteiger partial charge >= 0.3 is 12.1 Å². The van der Waals surface area contributed by atoms with Crippen LogP contribution in [0, 0.1) is 0 Å². The summed E-state index contributed by atoms with van der Waals surface area (Å²) in [5.41, 5.74) is 0.600. The molecule has 4 N–H and O–H groups in total. The van der Waals surface area contributed by atoms with Crippen molar-refractivity contribution in [3.8, 4) is 11.5 Å². The molecule has 0 radical (unpaired) electrons. The smallest absolute Gasteiger partial charge is 0.324 e. The lowest BCUT2D eigenvalue weighted by Crippen LogP contribution is -2.56. The third-order valence-corrected chi connectivity index (χ3v) is 2.32. The number of amides is 4. The molecule has 1 saturated heterocycles. The molecule has 1 aliphatic heterocycles. The Morgan fingerprint density at radius 1 is 1.24 bits per heavy atom. The van der Waals surface area contributed by atoms with E-state index >= 15 is 0 Å². The van der Waals surface area contributed by atoms with Gasteiger partial charge in [0, 0.05) is 0 Å². The van der Waals surface area contributed by atoms with Gasteiger partial charge in [-0.25, -0.2) is 9.59 Å². The molecule has 7 heteroatoms. The van der Waals surface area contributed by atoms with E-state index in [1.165, 1.54) is 19.2 Å². The van der Waals surface area contributed by atoms with E-state index in [4.69, 9.17) is 4.74 Å². The summed E-state index contributed by atoms with van der Waals surface area (Å²) in [4.78, 5) is 22.2. The number of ether oxygens (including phenoxy) is 1. The minimum Gasteiger partial charge on any atom is -0.504 e. The summed E-state index contributed by atoms with van der Waals surface area (Å²) in [7, 11) is 1.42. The Kier molecular flexibility index (Phi) is 2.73. The molecule has 1 heterocycles. The van der Waals surface area contributed by atoms with E-state index in [-0.39, 0.29) is 11.5 Å². The van der Waals surface area contributed by atoms with E-state index in [0.29, 0.717) is 5.56 Å². The number of nitrogens with one attached hydrogen (secondary N) is 3. The van der Waals surface area contributed by atoms with E-state index < -0.39 is 18.2 Å². The maximum Gasteiger partial charge on any atom is 0.324 e. The molecule has 0 aromatic heterocycles. The fourth-order valence-corrected chi connectivity index (χ4v) is 1.51. The number of methoxy groups -OCH3 is 1. The Morgan fingerprint density at radius 3 is 2.47 bits per heavy atom.